The van der Waals surface area contributed by atoms with Crippen LogP contribution >= 0.6 is 0 Å². The van der Waals surface area contributed by atoms with Gasteiger partial charge in [0.25, 0.3) is 0 Å². The quantitative estimate of drug-likeness (QED) is 0.483. The zero-order valence-electron chi connectivity index (χ0n) is 17.3. The van der Waals surface area contributed by atoms with E-state index in [2.05, 4.69) is 91.6 Å². The molecule has 0 bridgehead atoms. The fourth-order valence-corrected chi connectivity index (χ4v) is 3.47. The Kier molecular flexibility index (Phi) is 5.63. The van der Waals surface area contributed by atoms with Crippen LogP contribution in [0.4, 0.5) is 0 Å². The van der Waals surface area contributed by atoms with Crippen molar-refractivity contribution in [1.29, 1.82) is 0 Å². The van der Waals surface area contributed by atoms with Crippen LogP contribution in [-0.4, -0.2) is 42.1 Å². The van der Waals surface area contributed by atoms with E-state index in [4.69, 9.17) is 9.72 Å². The number of benzene rings is 3. The summed E-state index contributed by atoms with van der Waals surface area (Å²) >= 11 is 0. The number of aryl methyl sites for hydroxylation is 1. The predicted molar refractivity (Wildman–Crippen MR) is 120 cm³/mol. The first-order chi connectivity index (χ1) is 14.1. The molecular formula is C25H27N3O. The lowest BCUT2D eigenvalue weighted by Crippen LogP contribution is -2.19. The minimum atomic E-state index is 0.655. The monoisotopic (exact) mass is 385 g/mol. The van der Waals surface area contributed by atoms with Crippen molar-refractivity contribution in [3.63, 3.8) is 0 Å². The van der Waals surface area contributed by atoms with E-state index in [0.29, 0.717) is 6.61 Å². The first kappa shape index (κ1) is 19.2. The number of hydrogen-bond donors (Lipinski definition) is 1. The van der Waals surface area contributed by atoms with Crippen molar-refractivity contribution in [3.05, 3.63) is 83.4 Å². The number of nitrogens with one attached hydrogen (secondary N) is 1. The molecule has 1 aromatic heterocycles. The van der Waals surface area contributed by atoms with Crippen LogP contribution in [-0.2, 0) is 6.42 Å². The number of aromatic amines is 1. The number of H-pyrrole nitrogens is 1. The molecule has 4 nitrogen and oxygen atoms in total. The van der Waals surface area contributed by atoms with Crippen molar-refractivity contribution in [2.24, 2.45) is 0 Å². The number of ether oxygens (including phenoxy) is 1. The van der Waals surface area contributed by atoms with Gasteiger partial charge in [0.2, 0.25) is 0 Å². The maximum atomic E-state index is 6.05. The third-order valence-electron chi connectivity index (χ3n) is 4.98. The Hall–Kier alpha value is -3.11. The molecule has 4 rings (SSSR count). The lowest BCUT2D eigenvalue weighted by Gasteiger charge is -2.12. The van der Waals surface area contributed by atoms with E-state index < -0.39 is 0 Å². The Morgan fingerprint density at radius 2 is 1.79 bits per heavy atom. The highest BCUT2D eigenvalue weighted by Crippen LogP contribution is 2.29. The standard InChI is InChI=1S/C25H27N3O/c1-18-8-7-11-20(14-18)25-26-23-17-22(29-13-12-28(2)3)16-21(24(23)27-25)15-19-9-5-4-6-10-19/h4-11,14,16-17H,12-13,15H2,1-3H3,(H,26,27). The number of likely N-dealkylation sites (N-methyl/N-ethyl adjacent to an activating group) is 1. The summed E-state index contributed by atoms with van der Waals surface area (Å²) in [5, 5.41) is 0. The van der Waals surface area contributed by atoms with Crippen molar-refractivity contribution >= 4 is 11.0 Å². The fourth-order valence-electron chi connectivity index (χ4n) is 3.47. The molecule has 1 N–H and O–H groups in total. The van der Waals surface area contributed by atoms with E-state index in [1.54, 1.807) is 0 Å². The SMILES string of the molecule is Cc1cccc(-c2nc3c(Cc4ccccc4)cc(OCCN(C)C)cc3[nH]2)c1. The molecule has 0 radical (unpaired) electrons. The number of hydrogen-bond acceptors (Lipinski definition) is 3. The minimum absolute atomic E-state index is 0.655. The summed E-state index contributed by atoms with van der Waals surface area (Å²) in [7, 11) is 4.10. The summed E-state index contributed by atoms with van der Waals surface area (Å²) < 4.78 is 6.05. The highest BCUT2D eigenvalue weighted by atomic mass is 16.5. The molecule has 0 aliphatic heterocycles. The van der Waals surface area contributed by atoms with E-state index in [9.17, 15) is 0 Å². The van der Waals surface area contributed by atoms with E-state index in [-0.39, 0.29) is 0 Å². The number of nitrogens with zero attached hydrogens (tertiary/aromatic N) is 2. The van der Waals surface area contributed by atoms with Crippen LogP contribution in [0.25, 0.3) is 22.4 Å². The lowest BCUT2D eigenvalue weighted by atomic mass is 10.0. The topological polar surface area (TPSA) is 41.1 Å². The third kappa shape index (κ3) is 4.66. The van der Waals surface area contributed by atoms with Gasteiger partial charge >= 0.3 is 0 Å². The van der Waals surface area contributed by atoms with Gasteiger partial charge in [-0.25, -0.2) is 4.98 Å². The molecule has 4 aromatic rings. The summed E-state index contributed by atoms with van der Waals surface area (Å²) in [6.45, 7) is 3.63. The maximum Gasteiger partial charge on any atom is 0.138 e. The average molecular weight is 386 g/mol. The molecule has 0 aliphatic carbocycles. The van der Waals surface area contributed by atoms with E-state index in [1.165, 1.54) is 16.7 Å². The van der Waals surface area contributed by atoms with Gasteiger partial charge in [0.05, 0.1) is 11.0 Å². The minimum Gasteiger partial charge on any atom is -0.492 e. The summed E-state index contributed by atoms with van der Waals surface area (Å²) in [5.74, 6) is 1.77. The molecule has 0 amide bonds. The van der Waals surface area contributed by atoms with Crippen molar-refractivity contribution in [2.75, 3.05) is 27.2 Å². The van der Waals surface area contributed by atoms with Gasteiger partial charge in [-0.2, -0.15) is 0 Å². The van der Waals surface area contributed by atoms with Gasteiger partial charge in [0.15, 0.2) is 0 Å². The molecular weight excluding hydrogens is 358 g/mol. The maximum absolute atomic E-state index is 6.05. The molecule has 0 atom stereocenters. The number of imidazole rings is 1. The molecule has 1 heterocycles. The van der Waals surface area contributed by atoms with Crippen molar-refractivity contribution in [1.82, 2.24) is 14.9 Å². The van der Waals surface area contributed by atoms with Gasteiger partial charge in [0.1, 0.15) is 18.2 Å². The zero-order valence-corrected chi connectivity index (χ0v) is 17.3. The predicted octanol–water partition coefficient (Wildman–Crippen LogP) is 5.07. The molecule has 148 valence electrons. The largest absolute Gasteiger partial charge is 0.492 e. The molecule has 3 aromatic carbocycles. The fraction of sp³-hybridized carbons (Fsp3) is 0.240. The van der Waals surface area contributed by atoms with Crippen molar-refractivity contribution in [2.45, 2.75) is 13.3 Å². The molecule has 0 saturated heterocycles. The Morgan fingerprint density at radius 1 is 0.966 bits per heavy atom. The van der Waals surface area contributed by atoms with Crippen LogP contribution in [0.3, 0.4) is 0 Å². The summed E-state index contributed by atoms with van der Waals surface area (Å²) in [6, 6.07) is 23.1. The van der Waals surface area contributed by atoms with Crippen LogP contribution in [0.15, 0.2) is 66.7 Å². The van der Waals surface area contributed by atoms with E-state index in [1.807, 2.05) is 6.07 Å². The lowest BCUT2D eigenvalue weighted by molar-refractivity contribution is 0.261. The number of aromatic nitrogens is 2. The Balaban J connectivity index is 1.74. The zero-order chi connectivity index (χ0) is 20.2. The molecule has 4 heteroatoms. The number of fused-ring (bicyclic) bond motifs is 1. The van der Waals surface area contributed by atoms with Gasteiger partial charge < -0.3 is 14.6 Å². The van der Waals surface area contributed by atoms with E-state index >= 15 is 0 Å². The highest BCUT2D eigenvalue weighted by molar-refractivity contribution is 5.84. The second-order valence-corrected chi connectivity index (χ2v) is 7.75. The Morgan fingerprint density at radius 3 is 2.55 bits per heavy atom. The van der Waals surface area contributed by atoms with Gasteiger partial charge in [-0.05, 0) is 50.7 Å². The van der Waals surface area contributed by atoms with Crippen LogP contribution < -0.4 is 4.74 Å². The first-order valence-electron chi connectivity index (χ1n) is 9.99. The van der Waals surface area contributed by atoms with Crippen LogP contribution in [0.5, 0.6) is 5.75 Å². The van der Waals surface area contributed by atoms with Crippen LogP contribution in [0.1, 0.15) is 16.7 Å². The second kappa shape index (κ2) is 8.50. The molecule has 0 spiro atoms. The molecule has 29 heavy (non-hydrogen) atoms. The van der Waals surface area contributed by atoms with E-state index in [0.717, 1.165) is 41.1 Å². The van der Waals surface area contributed by atoms with Crippen LogP contribution in [0, 0.1) is 6.92 Å². The van der Waals surface area contributed by atoms with Gasteiger partial charge in [-0.3, -0.25) is 0 Å². The van der Waals surface area contributed by atoms with Crippen molar-refractivity contribution in [3.8, 4) is 17.1 Å². The van der Waals surface area contributed by atoms with Gasteiger partial charge in [-0.15, -0.1) is 0 Å². The second-order valence-electron chi connectivity index (χ2n) is 7.75. The average Bonchev–Trinajstić information content (AvgIpc) is 3.13. The third-order valence-corrected chi connectivity index (χ3v) is 4.98. The normalized spacial score (nSPS) is 11.3. The van der Waals surface area contributed by atoms with Gasteiger partial charge in [0, 0.05) is 18.2 Å². The Labute approximate surface area is 172 Å². The van der Waals surface area contributed by atoms with Crippen LogP contribution in [0.2, 0.25) is 0 Å². The molecule has 0 aliphatic rings. The molecule has 0 fully saturated rings. The summed E-state index contributed by atoms with van der Waals surface area (Å²) in [5.41, 5.74) is 6.77. The Bertz CT molecular complexity index is 1100. The molecule has 0 saturated carbocycles. The number of rotatable bonds is 7. The molecule has 0 unspecified atom stereocenters. The van der Waals surface area contributed by atoms with Gasteiger partial charge in [-0.1, -0.05) is 54.1 Å². The smallest absolute Gasteiger partial charge is 0.138 e. The first-order valence-corrected chi connectivity index (χ1v) is 9.99. The van der Waals surface area contributed by atoms with Crippen molar-refractivity contribution < 1.29 is 4.74 Å². The summed E-state index contributed by atoms with van der Waals surface area (Å²) in [6.07, 6.45) is 0.820. The summed E-state index contributed by atoms with van der Waals surface area (Å²) in [4.78, 5) is 10.6. The highest BCUT2D eigenvalue weighted by Gasteiger charge is 2.13.